The summed E-state index contributed by atoms with van der Waals surface area (Å²) in [5, 5.41) is 14.2. The fourth-order valence-electron chi connectivity index (χ4n) is 3.42. The maximum absolute atomic E-state index is 11.5. The Bertz CT molecular complexity index is 977. The Balaban J connectivity index is 1.90. The number of carboxylic acid groups (broad SMARTS) is 1. The minimum Gasteiger partial charge on any atom is -0.478 e. The van der Waals surface area contributed by atoms with E-state index in [9.17, 15) is 9.90 Å². The number of nitrogens with zero attached hydrogens (tertiary/aromatic N) is 4. The number of carboxylic acids is 1. The fourth-order valence-corrected chi connectivity index (χ4v) is 3.42. The van der Waals surface area contributed by atoms with E-state index in [4.69, 9.17) is 10.1 Å². The van der Waals surface area contributed by atoms with Crippen LogP contribution in [0.2, 0.25) is 0 Å². The molecule has 6 heteroatoms. The largest absolute Gasteiger partial charge is 0.478 e. The zero-order valence-corrected chi connectivity index (χ0v) is 17.5. The average Bonchev–Trinajstić information content (AvgIpc) is 3.09. The van der Waals surface area contributed by atoms with E-state index in [1.807, 2.05) is 22.9 Å². The Morgan fingerprint density at radius 3 is 2.52 bits per heavy atom. The summed E-state index contributed by atoms with van der Waals surface area (Å²) in [6.45, 7) is 8.54. The third kappa shape index (κ3) is 4.70. The molecule has 1 aromatic carbocycles. The first-order chi connectivity index (χ1) is 13.9. The van der Waals surface area contributed by atoms with Gasteiger partial charge in [-0.3, -0.25) is 4.98 Å². The van der Waals surface area contributed by atoms with Crippen molar-refractivity contribution in [1.29, 1.82) is 0 Å². The molecule has 0 aliphatic rings. The first-order valence-electron chi connectivity index (χ1n) is 10.1. The van der Waals surface area contributed by atoms with Crippen LogP contribution in [0.3, 0.4) is 0 Å². The quantitative estimate of drug-likeness (QED) is 0.596. The molecule has 1 unspecified atom stereocenters. The Morgan fingerprint density at radius 1 is 1.14 bits per heavy atom. The van der Waals surface area contributed by atoms with Crippen molar-refractivity contribution in [2.45, 2.75) is 53.0 Å². The summed E-state index contributed by atoms with van der Waals surface area (Å²) in [5.74, 6) is 1.42. The molecule has 2 heterocycles. The lowest BCUT2D eigenvalue weighted by atomic mass is 10.0. The second kappa shape index (κ2) is 8.99. The predicted octanol–water partition coefficient (Wildman–Crippen LogP) is 4.80. The molecule has 0 aliphatic heterocycles. The van der Waals surface area contributed by atoms with Crippen LogP contribution in [-0.2, 0) is 12.8 Å². The van der Waals surface area contributed by atoms with Gasteiger partial charge >= 0.3 is 5.97 Å². The first kappa shape index (κ1) is 20.7. The van der Waals surface area contributed by atoms with Crippen LogP contribution in [-0.4, -0.2) is 30.8 Å². The van der Waals surface area contributed by atoms with E-state index in [0.717, 1.165) is 42.2 Å². The fraction of sp³-hybridized carbons (Fsp3) is 0.391. The molecule has 0 saturated heterocycles. The molecule has 0 aliphatic carbocycles. The van der Waals surface area contributed by atoms with E-state index in [0.29, 0.717) is 11.5 Å². The minimum atomic E-state index is -0.942. The molecule has 0 fully saturated rings. The number of hydrogen-bond donors (Lipinski definition) is 1. The SMILES string of the molecule is CCCc1nc(CC(C)C)nn1C(C)c1ccc(-c2ccccc2C(=O)O)cn1. The molecule has 0 bridgehead atoms. The van der Waals surface area contributed by atoms with E-state index in [-0.39, 0.29) is 11.6 Å². The normalized spacial score (nSPS) is 12.3. The van der Waals surface area contributed by atoms with Crippen molar-refractivity contribution in [2.75, 3.05) is 0 Å². The number of aryl methyl sites for hydroxylation is 1. The van der Waals surface area contributed by atoms with Gasteiger partial charge in [-0.25, -0.2) is 14.5 Å². The number of hydrogen-bond acceptors (Lipinski definition) is 4. The van der Waals surface area contributed by atoms with E-state index in [1.165, 1.54) is 0 Å². The van der Waals surface area contributed by atoms with Crippen LogP contribution >= 0.6 is 0 Å². The van der Waals surface area contributed by atoms with Gasteiger partial charge in [0.2, 0.25) is 0 Å². The van der Waals surface area contributed by atoms with Crippen molar-refractivity contribution in [3.63, 3.8) is 0 Å². The number of aromatic nitrogens is 4. The molecule has 6 nitrogen and oxygen atoms in total. The summed E-state index contributed by atoms with van der Waals surface area (Å²) >= 11 is 0. The second-order valence-corrected chi connectivity index (χ2v) is 7.74. The Kier molecular flexibility index (Phi) is 6.42. The van der Waals surface area contributed by atoms with Crippen molar-refractivity contribution in [2.24, 2.45) is 5.92 Å². The summed E-state index contributed by atoms with van der Waals surface area (Å²) < 4.78 is 1.98. The maximum Gasteiger partial charge on any atom is 0.336 e. The molecule has 2 aromatic heterocycles. The van der Waals surface area contributed by atoms with Crippen LogP contribution in [0.5, 0.6) is 0 Å². The molecular weight excluding hydrogens is 364 g/mol. The molecule has 29 heavy (non-hydrogen) atoms. The van der Waals surface area contributed by atoms with Gasteiger partial charge in [-0.05, 0) is 37.0 Å². The minimum absolute atomic E-state index is 0.0475. The van der Waals surface area contributed by atoms with E-state index < -0.39 is 5.97 Å². The van der Waals surface area contributed by atoms with Gasteiger partial charge < -0.3 is 5.11 Å². The highest BCUT2D eigenvalue weighted by molar-refractivity contribution is 5.95. The van der Waals surface area contributed by atoms with Crippen LogP contribution in [0.4, 0.5) is 0 Å². The first-order valence-corrected chi connectivity index (χ1v) is 10.1. The molecule has 0 amide bonds. The molecule has 0 spiro atoms. The Hall–Kier alpha value is -3.02. The van der Waals surface area contributed by atoms with Crippen molar-refractivity contribution in [1.82, 2.24) is 19.7 Å². The number of benzene rings is 1. The second-order valence-electron chi connectivity index (χ2n) is 7.74. The maximum atomic E-state index is 11.5. The average molecular weight is 393 g/mol. The summed E-state index contributed by atoms with van der Waals surface area (Å²) in [7, 11) is 0. The number of aromatic carboxylic acids is 1. The molecule has 3 aromatic rings. The lowest BCUT2D eigenvalue weighted by Crippen LogP contribution is -2.14. The van der Waals surface area contributed by atoms with Crippen LogP contribution in [0.1, 0.15) is 67.9 Å². The predicted molar refractivity (Wildman–Crippen MR) is 113 cm³/mol. The van der Waals surface area contributed by atoms with Crippen LogP contribution < -0.4 is 0 Å². The van der Waals surface area contributed by atoms with E-state index in [2.05, 4.69) is 32.7 Å². The van der Waals surface area contributed by atoms with E-state index >= 15 is 0 Å². The van der Waals surface area contributed by atoms with Crippen LogP contribution in [0, 0.1) is 5.92 Å². The van der Waals surface area contributed by atoms with Crippen molar-refractivity contribution in [3.8, 4) is 11.1 Å². The highest BCUT2D eigenvalue weighted by atomic mass is 16.4. The van der Waals surface area contributed by atoms with Gasteiger partial charge in [-0.15, -0.1) is 0 Å². The highest BCUT2D eigenvalue weighted by Gasteiger charge is 2.18. The standard InChI is InChI=1S/C23H28N4O2/c1-5-8-22-25-21(13-15(2)3)26-27(22)16(4)20-12-11-17(14-24-20)18-9-6-7-10-19(18)23(28)29/h6-7,9-12,14-16H,5,8,13H2,1-4H3,(H,28,29). The van der Waals surface area contributed by atoms with Crippen molar-refractivity contribution < 1.29 is 9.90 Å². The third-order valence-electron chi connectivity index (χ3n) is 4.86. The summed E-state index contributed by atoms with van der Waals surface area (Å²) in [4.78, 5) is 20.9. The van der Waals surface area contributed by atoms with Gasteiger partial charge in [0.05, 0.1) is 17.3 Å². The molecule has 1 N–H and O–H groups in total. The van der Waals surface area contributed by atoms with Crippen LogP contribution in [0.25, 0.3) is 11.1 Å². The molecule has 1 atom stereocenters. The molecule has 3 rings (SSSR count). The van der Waals surface area contributed by atoms with Gasteiger partial charge in [0.15, 0.2) is 5.82 Å². The summed E-state index contributed by atoms with van der Waals surface area (Å²) in [5.41, 5.74) is 2.60. The van der Waals surface area contributed by atoms with Gasteiger partial charge in [0.1, 0.15) is 5.82 Å². The topological polar surface area (TPSA) is 80.9 Å². The number of rotatable bonds is 8. The molecule has 152 valence electrons. The zero-order valence-electron chi connectivity index (χ0n) is 17.5. The smallest absolute Gasteiger partial charge is 0.336 e. The molecule has 0 saturated carbocycles. The van der Waals surface area contributed by atoms with E-state index in [1.54, 1.807) is 24.4 Å². The van der Waals surface area contributed by atoms with Crippen molar-refractivity contribution in [3.05, 3.63) is 65.5 Å². The zero-order chi connectivity index (χ0) is 21.0. The van der Waals surface area contributed by atoms with Gasteiger partial charge in [-0.1, -0.05) is 45.0 Å². The highest BCUT2D eigenvalue weighted by Crippen LogP contribution is 2.25. The van der Waals surface area contributed by atoms with Crippen LogP contribution in [0.15, 0.2) is 42.6 Å². The number of carbonyl (C=O) groups is 1. The van der Waals surface area contributed by atoms with Gasteiger partial charge in [0, 0.05) is 24.6 Å². The van der Waals surface area contributed by atoms with Crippen molar-refractivity contribution >= 4 is 5.97 Å². The Labute approximate surface area is 171 Å². The lowest BCUT2D eigenvalue weighted by Gasteiger charge is -2.15. The monoisotopic (exact) mass is 392 g/mol. The Morgan fingerprint density at radius 2 is 1.90 bits per heavy atom. The summed E-state index contributed by atoms with van der Waals surface area (Å²) in [6.07, 6.45) is 4.47. The molecule has 0 radical (unpaired) electrons. The van der Waals surface area contributed by atoms with Gasteiger partial charge in [-0.2, -0.15) is 5.10 Å². The summed E-state index contributed by atoms with van der Waals surface area (Å²) in [6, 6.07) is 10.8. The molecular formula is C23H28N4O2. The third-order valence-corrected chi connectivity index (χ3v) is 4.86. The van der Waals surface area contributed by atoms with Gasteiger partial charge in [0.25, 0.3) is 0 Å². The lowest BCUT2D eigenvalue weighted by molar-refractivity contribution is 0.0697. The number of pyridine rings is 1.